The molecule has 0 unspecified atom stereocenters. The molecule has 2 heterocycles. The van der Waals surface area contributed by atoms with E-state index in [1.807, 2.05) is 38.8 Å². The third kappa shape index (κ3) is 2.63. The second-order valence-electron chi connectivity index (χ2n) is 5.07. The summed E-state index contributed by atoms with van der Waals surface area (Å²) < 4.78 is 0. The summed E-state index contributed by atoms with van der Waals surface area (Å²) in [5, 5.41) is 8.39. The molecule has 0 aliphatic rings. The molecule has 22 heavy (non-hydrogen) atoms. The van der Waals surface area contributed by atoms with Gasteiger partial charge < -0.3 is 10.6 Å². The summed E-state index contributed by atoms with van der Waals surface area (Å²) in [5.41, 5.74) is 4.04. The molecule has 0 fully saturated rings. The van der Waals surface area contributed by atoms with Crippen molar-refractivity contribution in [3.8, 4) is 11.1 Å². The average molecular weight is 290 g/mol. The van der Waals surface area contributed by atoms with Gasteiger partial charge in [-0.15, -0.1) is 0 Å². The van der Waals surface area contributed by atoms with Gasteiger partial charge in [-0.3, -0.25) is 4.98 Å². The van der Waals surface area contributed by atoms with E-state index in [0.717, 1.165) is 39.0 Å². The number of anilines is 1. The van der Waals surface area contributed by atoms with Crippen molar-refractivity contribution in [3.05, 3.63) is 61.1 Å². The number of nitrogens with one attached hydrogen (secondary N) is 2. The predicted molar refractivity (Wildman–Crippen MR) is 92.6 cm³/mol. The Morgan fingerprint density at radius 1 is 0.955 bits per heavy atom. The molecule has 4 nitrogen and oxygen atoms in total. The molecular formula is C18H18N4. The van der Waals surface area contributed by atoms with Crippen LogP contribution < -0.4 is 10.6 Å². The second-order valence-corrected chi connectivity index (χ2v) is 5.07. The minimum atomic E-state index is 0.858. The van der Waals surface area contributed by atoms with Gasteiger partial charge in [0.25, 0.3) is 0 Å². The SMILES string of the molecule is C=C(NC)c1cncc(-c2ccc3cnc(NC)cc3c2)c1. The fourth-order valence-corrected chi connectivity index (χ4v) is 2.36. The van der Waals surface area contributed by atoms with Crippen LogP contribution >= 0.6 is 0 Å². The van der Waals surface area contributed by atoms with E-state index in [1.54, 1.807) is 0 Å². The molecule has 0 atom stereocenters. The molecule has 2 aromatic heterocycles. The quantitative estimate of drug-likeness (QED) is 0.772. The molecule has 0 amide bonds. The van der Waals surface area contributed by atoms with Crippen LogP contribution in [0.4, 0.5) is 5.82 Å². The van der Waals surface area contributed by atoms with E-state index in [-0.39, 0.29) is 0 Å². The Morgan fingerprint density at radius 3 is 2.59 bits per heavy atom. The highest BCUT2D eigenvalue weighted by atomic mass is 14.9. The lowest BCUT2D eigenvalue weighted by molar-refractivity contribution is 1.12. The van der Waals surface area contributed by atoms with Gasteiger partial charge in [0.2, 0.25) is 0 Å². The molecule has 0 bridgehead atoms. The first kappa shape index (κ1) is 14.1. The van der Waals surface area contributed by atoms with Gasteiger partial charge in [-0.25, -0.2) is 4.98 Å². The number of pyridine rings is 2. The van der Waals surface area contributed by atoms with Gasteiger partial charge in [0.05, 0.1) is 0 Å². The highest BCUT2D eigenvalue weighted by Crippen LogP contribution is 2.26. The lowest BCUT2D eigenvalue weighted by Gasteiger charge is -2.08. The lowest BCUT2D eigenvalue weighted by atomic mass is 10.0. The van der Waals surface area contributed by atoms with Crippen LogP contribution in [0.3, 0.4) is 0 Å². The van der Waals surface area contributed by atoms with E-state index in [4.69, 9.17) is 0 Å². The van der Waals surface area contributed by atoms with Crippen molar-refractivity contribution < 1.29 is 0 Å². The molecule has 4 heteroatoms. The Morgan fingerprint density at radius 2 is 1.82 bits per heavy atom. The van der Waals surface area contributed by atoms with Crippen LogP contribution in [0.15, 0.2) is 55.5 Å². The van der Waals surface area contributed by atoms with E-state index in [0.29, 0.717) is 0 Å². The number of hydrogen-bond acceptors (Lipinski definition) is 4. The summed E-state index contributed by atoms with van der Waals surface area (Å²) in [5.74, 6) is 0.861. The van der Waals surface area contributed by atoms with Gasteiger partial charge >= 0.3 is 0 Å². The van der Waals surface area contributed by atoms with Crippen molar-refractivity contribution in [1.29, 1.82) is 0 Å². The molecule has 3 aromatic rings. The van der Waals surface area contributed by atoms with Crippen molar-refractivity contribution in [2.45, 2.75) is 0 Å². The average Bonchev–Trinajstić information content (AvgIpc) is 2.60. The summed E-state index contributed by atoms with van der Waals surface area (Å²) in [7, 11) is 3.73. The van der Waals surface area contributed by atoms with Crippen LogP contribution in [0.2, 0.25) is 0 Å². The van der Waals surface area contributed by atoms with Crippen LogP contribution in [0, 0.1) is 0 Å². The van der Waals surface area contributed by atoms with Gasteiger partial charge in [-0.05, 0) is 29.1 Å². The molecule has 110 valence electrons. The van der Waals surface area contributed by atoms with Crippen molar-refractivity contribution in [2.24, 2.45) is 0 Å². The summed E-state index contributed by atoms with van der Waals surface area (Å²) in [6.45, 7) is 3.98. The molecule has 0 aliphatic heterocycles. The number of hydrogen-bond donors (Lipinski definition) is 2. The fourth-order valence-electron chi connectivity index (χ4n) is 2.36. The van der Waals surface area contributed by atoms with Crippen molar-refractivity contribution in [3.63, 3.8) is 0 Å². The zero-order valence-electron chi connectivity index (χ0n) is 12.7. The molecule has 3 rings (SSSR count). The zero-order valence-corrected chi connectivity index (χ0v) is 12.7. The first-order valence-electron chi connectivity index (χ1n) is 7.11. The predicted octanol–water partition coefficient (Wildman–Crippen LogP) is 3.53. The third-order valence-corrected chi connectivity index (χ3v) is 3.70. The largest absolute Gasteiger partial charge is 0.388 e. The van der Waals surface area contributed by atoms with Gasteiger partial charge in [0.1, 0.15) is 5.82 Å². The third-order valence-electron chi connectivity index (χ3n) is 3.70. The van der Waals surface area contributed by atoms with E-state index in [9.17, 15) is 0 Å². The van der Waals surface area contributed by atoms with Crippen LogP contribution in [0.5, 0.6) is 0 Å². The van der Waals surface area contributed by atoms with E-state index in [1.165, 1.54) is 0 Å². The molecule has 1 aromatic carbocycles. The Balaban J connectivity index is 2.07. The summed E-state index contributed by atoms with van der Waals surface area (Å²) in [6.07, 6.45) is 5.56. The van der Waals surface area contributed by atoms with Gasteiger partial charge in [-0.2, -0.15) is 0 Å². The van der Waals surface area contributed by atoms with Gasteiger partial charge in [0.15, 0.2) is 0 Å². The second kappa shape index (κ2) is 5.85. The van der Waals surface area contributed by atoms with E-state index >= 15 is 0 Å². The maximum Gasteiger partial charge on any atom is 0.126 e. The fraction of sp³-hybridized carbons (Fsp3) is 0.111. The van der Waals surface area contributed by atoms with Crippen LogP contribution in [0.25, 0.3) is 27.6 Å². The Bertz CT molecular complexity index is 839. The molecule has 0 spiro atoms. The van der Waals surface area contributed by atoms with E-state index in [2.05, 4.69) is 51.4 Å². The minimum absolute atomic E-state index is 0.858. The van der Waals surface area contributed by atoms with Crippen molar-refractivity contribution in [1.82, 2.24) is 15.3 Å². The Hall–Kier alpha value is -2.88. The molecule has 0 radical (unpaired) electrons. The molecule has 0 aliphatic carbocycles. The lowest BCUT2D eigenvalue weighted by Crippen LogP contribution is -2.03. The van der Waals surface area contributed by atoms with Gasteiger partial charge in [-0.1, -0.05) is 18.7 Å². The maximum absolute atomic E-state index is 4.33. The first-order chi connectivity index (χ1) is 10.7. The van der Waals surface area contributed by atoms with Crippen LogP contribution in [0.1, 0.15) is 5.56 Å². The zero-order chi connectivity index (χ0) is 15.5. The smallest absolute Gasteiger partial charge is 0.126 e. The number of fused-ring (bicyclic) bond motifs is 1. The standard InChI is InChI=1S/C18H18N4/c1-12(19-2)16-7-17(10-21-9-16)13-4-5-14-11-22-18(20-3)8-15(14)6-13/h4-11,19H,1H2,2-3H3,(H,20,22). The summed E-state index contributed by atoms with van der Waals surface area (Å²) >= 11 is 0. The summed E-state index contributed by atoms with van der Waals surface area (Å²) in [4.78, 5) is 8.65. The Kier molecular flexibility index (Phi) is 3.74. The Labute approximate surface area is 129 Å². The molecular weight excluding hydrogens is 272 g/mol. The number of nitrogens with zero attached hydrogens (tertiary/aromatic N) is 2. The topological polar surface area (TPSA) is 49.8 Å². The van der Waals surface area contributed by atoms with Crippen molar-refractivity contribution in [2.75, 3.05) is 19.4 Å². The highest BCUT2D eigenvalue weighted by molar-refractivity contribution is 5.88. The molecule has 2 N–H and O–H groups in total. The number of benzene rings is 1. The number of rotatable bonds is 4. The minimum Gasteiger partial charge on any atom is -0.388 e. The van der Waals surface area contributed by atoms with Gasteiger partial charge in [0, 0.05) is 54.9 Å². The maximum atomic E-state index is 4.33. The van der Waals surface area contributed by atoms with Crippen LogP contribution in [-0.2, 0) is 0 Å². The number of aromatic nitrogens is 2. The molecule has 0 saturated heterocycles. The first-order valence-corrected chi connectivity index (χ1v) is 7.11. The summed E-state index contributed by atoms with van der Waals surface area (Å²) in [6, 6.07) is 10.5. The van der Waals surface area contributed by atoms with Crippen LogP contribution in [-0.4, -0.2) is 24.1 Å². The monoisotopic (exact) mass is 290 g/mol. The normalized spacial score (nSPS) is 10.5. The highest BCUT2D eigenvalue weighted by Gasteiger charge is 2.04. The van der Waals surface area contributed by atoms with E-state index < -0.39 is 0 Å². The van der Waals surface area contributed by atoms with Crippen molar-refractivity contribution >= 4 is 22.3 Å². The molecule has 0 saturated carbocycles.